The minimum atomic E-state index is 0.0975. The second-order valence-corrected chi connectivity index (χ2v) is 6.66. The Hall–Kier alpha value is -1.84. The van der Waals surface area contributed by atoms with Crippen LogP contribution in [0.15, 0.2) is 6.07 Å². The average molecular weight is 316 g/mol. The van der Waals surface area contributed by atoms with Crippen LogP contribution in [0.4, 0.5) is 0 Å². The number of hydrogen-bond donors (Lipinski definition) is 0. The van der Waals surface area contributed by atoms with Crippen molar-refractivity contribution in [2.24, 2.45) is 0 Å². The van der Waals surface area contributed by atoms with Crippen LogP contribution in [0.25, 0.3) is 0 Å². The van der Waals surface area contributed by atoms with Crippen molar-refractivity contribution in [3.05, 3.63) is 33.9 Å². The van der Waals surface area contributed by atoms with E-state index in [4.69, 9.17) is 0 Å². The maximum Gasteiger partial charge on any atom is 0.227 e. The molecule has 1 saturated heterocycles. The van der Waals surface area contributed by atoms with Crippen LogP contribution in [0.1, 0.15) is 41.2 Å². The Morgan fingerprint density at radius 2 is 1.43 bits per heavy atom. The van der Waals surface area contributed by atoms with Gasteiger partial charge in [-0.25, -0.2) is 0 Å². The van der Waals surface area contributed by atoms with Gasteiger partial charge in [0.25, 0.3) is 0 Å². The highest BCUT2D eigenvalue weighted by atomic mass is 16.2. The summed E-state index contributed by atoms with van der Waals surface area (Å²) in [6.45, 7) is 12.8. The van der Waals surface area contributed by atoms with E-state index in [1.807, 2.05) is 9.80 Å². The number of rotatable bonds is 2. The van der Waals surface area contributed by atoms with Gasteiger partial charge in [0.05, 0.1) is 6.42 Å². The minimum absolute atomic E-state index is 0.0975. The van der Waals surface area contributed by atoms with Crippen molar-refractivity contribution in [3.63, 3.8) is 0 Å². The van der Waals surface area contributed by atoms with Gasteiger partial charge in [0, 0.05) is 33.1 Å². The molecule has 0 aliphatic carbocycles. The maximum atomic E-state index is 12.7. The zero-order valence-corrected chi connectivity index (χ0v) is 15.0. The molecule has 1 aromatic rings. The SMILES string of the molecule is CC(=O)N1CCCN(C(=O)Cc2c(C)c(C)cc(C)c2C)CC1. The Bertz CT molecular complexity index is 596. The summed E-state index contributed by atoms with van der Waals surface area (Å²) in [7, 11) is 0. The van der Waals surface area contributed by atoms with Crippen molar-refractivity contribution in [1.82, 2.24) is 9.80 Å². The van der Waals surface area contributed by atoms with E-state index < -0.39 is 0 Å². The first-order chi connectivity index (χ1) is 10.8. The average Bonchev–Trinajstić information content (AvgIpc) is 2.75. The Morgan fingerprint density at radius 1 is 0.913 bits per heavy atom. The molecule has 0 atom stereocenters. The molecule has 0 bridgehead atoms. The van der Waals surface area contributed by atoms with Crippen LogP contribution in [-0.4, -0.2) is 47.8 Å². The van der Waals surface area contributed by atoms with Crippen molar-refractivity contribution in [1.29, 1.82) is 0 Å². The molecule has 1 heterocycles. The fourth-order valence-corrected chi connectivity index (χ4v) is 3.31. The van der Waals surface area contributed by atoms with Gasteiger partial charge in [-0.1, -0.05) is 6.07 Å². The van der Waals surface area contributed by atoms with Crippen LogP contribution in [0, 0.1) is 27.7 Å². The molecule has 1 aromatic carbocycles. The van der Waals surface area contributed by atoms with Crippen LogP contribution in [0.5, 0.6) is 0 Å². The molecule has 2 rings (SSSR count). The van der Waals surface area contributed by atoms with Gasteiger partial charge in [-0.3, -0.25) is 9.59 Å². The smallest absolute Gasteiger partial charge is 0.227 e. The van der Waals surface area contributed by atoms with Crippen LogP contribution in [0.2, 0.25) is 0 Å². The number of carbonyl (C=O) groups excluding carboxylic acids is 2. The summed E-state index contributed by atoms with van der Waals surface area (Å²) in [5, 5.41) is 0. The zero-order valence-electron chi connectivity index (χ0n) is 15.0. The molecule has 0 saturated carbocycles. The predicted molar refractivity (Wildman–Crippen MR) is 92.5 cm³/mol. The van der Waals surface area contributed by atoms with Crippen molar-refractivity contribution in [2.45, 2.75) is 47.5 Å². The van der Waals surface area contributed by atoms with E-state index in [1.165, 1.54) is 27.8 Å². The molecular weight excluding hydrogens is 288 g/mol. The Balaban J connectivity index is 2.12. The van der Waals surface area contributed by atoms with Crippen molar-refractivity contribution < 1.29 is 9.59 Å². The van der Waals surface area contributed by atoms with Gasteiger partial charge < -0.3 is 9.80 Å². The first kappa shape index (κ1) is 17.5. The largest absolute Gasteiger partial charge is 0.341 e. The van der Waals surface area contributed by atoms with E-state index in [0.717, 1.165) is 19.5 Å². The normalized spacial score (nSPS) is 15.5. The van der Waals surface area contributed by atoms with Crippen molar-refractivity contribution >= 4 is 11.8 Å². The van der Waals surface area contributed by atoms with Crippen LogP contribution in [-0.2, 0) is 16.0 Å². The highest BCUT2D eigenvalue weighted by Crippen LogP contribution is 2.23. The number of nitrogens with zero attached hydrogens (tertiary/aromatic N) is 2. The van der Waals surface area contributed by atoms with Crippen LogP contribution >= 0.6 is 0 Å². The maximum absolute atomic E-state index is 12.7. The third-order valence-corrected chi connectivity index (χ3v) is 5.14. The molecule has 0 N–H and O–H groups in total. The number of hydrogen-bond acceptors (Lipinski definition) is 2. The predicted octanol–water partition coefficient (Wildman–Crippen LogP) is 2.54. The number of amides is 2. The van der Waals surface area contributed by atoms with E-state index >= 15 is 0 Å². The second kappa shape index (κ2) is 7.16. The Kier molecular flexibility index (Phi) is 5.45. The van der Waals surface area contributed by atoms with Crippen LogP contribution in [0.3, 0.4) is 0 Å². The molecule has 2 amide bonds. The minimum Gasteiger partial charge on any atom is -0.341 e. The summed E-state index contributed by atoms with van der Waals surface area (Å²) in [6.07, 6.45) is 1.32. The third-order valence-electron chi connectivity index (χ3n) is 5.14. The second-order valence-electron chi connectivity index (χ2n) is 6.66. The lowest BCUT2D eigenvalue weighted by Crippen LogP contribution is -2.37. The number of aryl methyl sites for hydroxylation is 2. The molecule has 0 unspecified atom stereocenters. The molecule has 23 heavy (non-hydrogen) atoms. The summed E-state index contributed by atoms with van der Waals surface area (Å²) >= 11 is 0. The monoisotopic (exact) mass is 316 g/mol. The number of carbonyl (C=O) groups is 2. The molecule has 0 spiro atoms. The Labute approximate surface area is 139 Å². The van der Waals surface area contributed by atoms with Gasteiger partial charge >= 0.3 is 0 Å². The first-order valence-electron chi connectivity index (χ1n) is 8.40. The van der Waals surface area contributed by atoms with Gasteiger partial charge in [0.2, 0.25) is 11.8 Å². The highest BCUT2D eigenvalue weighted by molar-refractivity contribution is 5.80. The Morgan fingerprint density at radius 3 is 2.00 bits per heavy atom. The van der Waals surface area contributed by atoms with Gasteiger partial charge in [-0.15, -0.1) is 0 Å². The van der Waals surface area contributed by atoms with E-state index in [9.17, 15) is 9.59 Å². The quantitative estimate of drug-likeness (QED) is 0.841. The van der Waals surface area contributed by atoms with E-state index in [1.54, 1.807) is 6.92 Å². The van der Waals surface area contributed by atoms with Gasteiger partial charge in [0.1, 0.15) is 0 Å². The number of benzene rings is 1. The summed E-state index contributed by atoms with van der Waals surface area (Å²) in [5.74, 6) is 0.270. The molecule has 0 aromatic heterocycles. The zero-order chi connectivity index (χ0) is 17.1. The fourth-order valence-electron chi connectivity index (χ4n) is 3.31. The lowest BCUT2D eigenvalue weighted by molar-refractivity contribution is -0.132. The van der Waals surface area contributed by atoms with Gasteiger partial charge in [-0.05, 0) is 61.9 Å². The summed E-state index contributed by atoms with van der Waals surface area (Å²) in [6, 6.07) is 2.19. The van der Waals surface area contributed by atoms with Gasteiger partial charge in [-0.2, -0.15) is 0 Å². The standard InChI is InChI=1S/C19H28N2O2/c1-13-11-14(2)16(4)18(15(13)3)12-19(23)21-8-6-7-20(9-10-21)17(5)22/h11H,6-10,12H2,1-5H3. The summed E-state index contributed by atoms with van der Waals surface area (Å²) in [5.41, 5.74) is 6.10. The molecule has 1 fully saturated rings. The molecule has 1 aliphatic rings. The van der Waals surface area contributed by atoms with Gasteiger partial charge in [0.15, 0.2) is 0 Å². The topological polar surface area (TPSA) is 40.6 Å². The molecule has 4 nitrogen and oxygen atoms in total. The molecule has 4 heteroatoms. The van der Waals surface area contributed by atoms with Crippen LogP contribution < -0.4 is 0 Å². The lowest BCUT2D eigenvalue weighted by atomic mass is 9.92. The summed E-state index contributed by atoms with van der Waals surface area (Å²) in [4.78, 5) is 28.0. The molecule has 1 aliphatic heterocycles. The molecule has 126 valence electrons. The van der Waals surface area contributed by atoms with E-state index in [2.05, 4.69) is 33.8 Å². The van der Waals surface area contributed by atoms with E-state index in [0.29, 0.717) is 19.5 Å². The van der Waals surface area contributed by atoms with E-state index in [-0.39, 0.29) is 11.8 Å². The van der Waals surface area contributed by atoms with Crippen molar-refractivity contribution in [2.75, 3.05) is 26.2 Å². The molecular formula is C19H28N2O2. The highest BCUT2D eigenvalue weighted by Gasteiger charge is 2.21. The van der Waals surface area contributed by atoms with Crippen molar-refractivity contribution in [3.8, 4) is 0 Å². The third kappa shape index (κ3) is 3.92. The summed E-state index contributed by atoms with van der Waals surface area (Å²) < 4.78 is 0. The lowest BCUT2D eigenvalue weighted by Gasteiger charge is -2.23. The molecule has 0 radical (unpaired) electrons. The fraction of sp³-hybridized carbons (Fsp3) is 0.579. The first-order valence-corrected chi connectivity index (χ1v) is 8.40.